The van der Waals surface area contributed by atoms with Crippen LogP contribution in [0.1, 0.15) is 69.3 Å². The van der Waals surface area contributed by atoms with Gasteiger partial charge in [0.05, 0.1) is 35.6 Å². The molecule has 0 bridgehead atoms. The number of allylic oxidation sites excluding steroid dienone is 2. The molecule has 0 unspecified atom stereocenters. The summed E-state index contributed by atoms with van der Waals surface area (Å²) in [5, 5.41) is 13.4. The number of fused-ring (bicyclic) bond motifs is 4. The van der Waals surface area contributed by atoms with Crippen molar-refractivity contribution in [2.24, 2.45) is 17.2 Å². The summed E-state index contributed by atoms with van der Waals surface area (Å²) in [7, 11) is 1.62. The third-order valence-electron chi connectivity index (χ3n) is 10.2. The topological polar surface area (TPSA) is 253 Å². The standard InChI is InChI=1S/C43H51N13O6/c1-6-55-32(18-25(3)51-55)40-47-24-30-29-20-27(38(45)57)22-34(62-17-11-15-60-5)36(29)53(41(30)49-40)13-8-9-14-54-37-31(21-28(39(46)58)23-35(37)61-16-10-12-44)48-43(54)50-42(59)33-19-26(4)52-56(33)7-2/h8-9,18-24H,6-7,10-17,44H2,1-5H3,(H2,45,57)(H2,46,58)(H,48,50,59)/b9-8+. The first kappa shape index (κ1) is 43.0. The highest BCUT2D eigenvalue weighted by molar-refractivity contribution is 6.12. The number of hydrogen-bond donors (Lipinski definition) is 4. The number of methoxy groups -OCH3 is 1. The number of carbonyl (C=O) groups excluding carboxylic acids is 3. The van der Waals surface area contributed by atoms with Gasteiger partial charge < -0.3 is 40.5 Å². The summed E-state index contributed by atoms with van der Waals surface area (Å²) >= 11 is 0. The average molecular weight is 846 g/mol. The summed E-state index contributed by atoms with van der Waals surface area (Å²) in [5.74, 6) is -0.177. The van der Waals surface area contributed by atoms with Crippen LogP contribution in [-0.4, -0.2) is 94.8 Å². The van der Waals surface area contributed by atoms with E-state index in [0.29, 0.717) is 114 Å². The molecule has 62 heavy (non-hydrogen) atoms. The maximum atomic E-state index is 13.8. The van der Waals surface area contributed by atoms with E-state index in [2.05, 4.69) is 15.5 Å². The summed E-state index contributed by atoms with van der Waals surface area (Å²) in [6, 6.07) is 10.2. The fourth-order valence-electron chi connectivity index (χ4n) is 7.39. The zero-order valence-corrected chi connectivity index (χ0v) is 35.5. The molecule has 5 aromatic heterocycles. The molecule has 7 aromatic rings. The molecule has 19 heteroatoms. The lowest BCUT2D eigenvalue weighted by molar-refractivity contribution is 0.0991. The number of rotatable bonds is 20. The Morgan fingerprint density at radius 3 is 2.08 bits per heavy atom. The molecule has 0 radical (unpaired) electrons. The van der Waals surface area contributed by atoms with Gasteiger partial charge in [0.15, 0.2) is 5.82 Å². The minimum atomic E-state index is -0.657. The Balaban J connectivity index is 1.34. The number of nitrogens with one attached hydrogen (secondary N) is 1. The molecule has 0 fully saturated rings. The second-order valence-corrected chi connectivity index (χ2v) is 14.6. The molecule has 0 aliphatic rings. The highest BCUT2D eigenvalue weighted by Gasteiger charge is 2.23. The van der Waals surface area contributed by atoms with E-state index in [9.17, 15) is 14.4 Å². The molecule has 2 aromatic carbocycles. The minimum Gasteiger partial charge on any atom is -0.491 e. The monoisotopic (exact) mass is 845 g/mol. The SMILES string of the molecule is CCn1nc(C)cc1C(=O)Nc1nc2cc(C(N)=O)cc(OCCCN)c2n1C/C=C/Cn1c2nc(-c3cc(C)nn3CC)ncc2c2cc(C(N)=O)cc(OCCCOC)c21. The quantitative estimate of drug-likeness (QED) is 0.0611. The van der Waals surface area contributed by atoms with E-state index >= 15 is 0 Å². The Hall–Kier alpha value is -7.12. The van der Waals surface area contributed by atoms with E-state index in [-0.39, 0.29) is 30.2 Å². The predicted molar refractivity (Wildman–Crippen MR) is 234 cm³/mol. The Kier molecular flexibility index (Phi) is 12.9. The molecule has 0 aliphatic carbocycles. The van der Waals surface area contributed by atoms with Crippen LogP contribution in [0, 0.1) is 13.8 Å². The van der Waals surface area contributed by atoms with Crippen molar-refractivity contribution in [2.45, 2.75) is 66.7 Å². The zero-order chi connectivity index (χ0) is 44.1. The summed E-state index contributed by atoms with van der Waals surface area (Å²) in [5.41, 5.74) is 22.7. The number of nitrogens with zero attached hydrogens (tertiary/aromatic N) is 9. The molecule has 0 saturated carbocycles. The predicted octanol–water partition coefficient (Wildman–Crippen LogP) is 4.50. The van der Waals surface area contributed by atoms with Crippen LogP contribution >= 0.6 is 0 Å². The maximum Gasteiger partial charge on any atom is 0.276 e. The molecule has 3 amide bonds. The van der Waals surface area contributed by atoms with E-state index in [1.54, 1.807) is 52.9 Å². The van der Waals surface area contributed by atoms with Crippen LogP contribution < -0.4 is 32.0 Å². The van der Waals surface area contributed by atoms with Crippen LogP contribution in [0.4, 0.5) is 5.95 Å². The normalized spacial score (nSPS) is 11.7. The summed E-state index contributed by atoms with van der Waals surface area (Å²) < 4.78 is 25.0. The molecular formula is C43H51N13O6. The summed E-state index contributed by atoms with van der Waals surface area (Å²) in [6.45, 7) is 10.7. The Morgan fingerprint density at radius 1 is 0.758 bits per heavy atom. The van der Waals surface area contributed by atoms with Crippen molar-refractivity contribution >= 4 is 56.6 Å². The molecule has 5 heterocycles. The van der Waals surface area contributed by atoms with Crippen LogP contribution in [0.25, 0.3) is 44.5 Å². The first-order valence-electron chi connectivity index (χ1n) is 20.4. The number of amides is 3. The number of imidazole rings is 1. The second kappa shape index (κ2) is 18.7. The Bertz CT molecular complexity index is 2830. The average Bonchev–Trinajstić information content (AvgIpc) is 4.01. The molecule has 0 atom stereocenters. The smallest absolute Gasteiger partial charge is 0.276 e. The number of hydrogen-bond acceptors (Lipinski definition) is 12. The van der Waals surface area contributed by atoms with Crippen LogP contribution in [0.3, 0.4) is 0 Å². The van der Waals surface area contributed by atoms with Crippen molar-refractivity contribution in [1.82, 2.24) is 43.6 Å². The number of nitrogens with two attached hydrogens (primary N) is 3. The van der Waals surface area contributed by atoms with Crippen molar-refractivity contribution in [3.8, 4) is 23.0 Å². The van der Waals surface area contributed by atoms with Gasteiger partial charge in [-0.05, 0) is 77.1 Å². The van der Waals surface area contributed by atoms with E-state index in [1.165, 1.54) is 0 Å². The molecular weight excluding hydrogens is 795 g/mol. The number of aromatic nitrogens is 9. The van der Waals surface area contributed by atoms with Crippen molar-refractivity contribution < 1.29 is 28.6 Å². The van der Waals surface area contributed by atoms with Gasteiger partial charge in [-0.3, -0.25) is 29.1 Å². The van der Waals surface area contributed by atoms with Gasteiger partial charge in [0.2, 0.25) is 17.8 Å². The van der Waals surface area contributed by atoms with Gasteiger partial charge in [0, 0.05) is 74.4 Å². The molecule has 324 valence electrons. The van der Waals surface area contributed by atoms with Crippen molar-refractivity contribution in [3.05, 3.63) is 83.0 Å². The highest BCUT2D eigenvalue weighted by Crippen LogP contribution is 2.37. The highest BCUT2D eigenvalue weighted by atomic mass is 16.5. The Labute approximate surface area is 356 Å². The van der Waals surface area contributed by atoms with Gasteiger partial charge in [-0.15, -0.1) is 0 Å². The van der Waals surface area contributed by atoms with Gasteiger partial charge in [0.25, 0.3) is 5.91 Å². The molecule has 19 nitrogen and oxygen atoms in total. The van der Waals surface area contributed by atoms with Crippen LogP contribution in [-0.2, 0) is 30.9 Å². The number of benzene rings is 2. The zero-order valence-electron chi connectivity index (χ0n) is 35.5. The number of anilines is 1. The second-order valence-electron chi connectivity index (χ2n) is 14.6. The largest absolute Gasteiger partial charge is 0.491 e. The number of ether oxygens (including phenoxy) is 3. The number of aryl methyl sites for hydroxylation is 4. The lowest BCUT2D eigenvalue weighted by atomic mass is 10.1. The summed E-state index contributed by atoms with van der Waals surface area (Å²) in [6.07, 6.45) is 6.80. The van der Waals surface area contributed by atoms with Crippen LogP contribution in [0.15, 0.2) is 54.7 Å². The number of primary amides is 2. The minimum absolute atomic E-state index is 0.197. The molecule has 7 N–H and O–H groups in total. The van der Waals surface area contributed by atoms with Gasteiger partial charge in [-0.2, -0.15) is 10.2 Å². The third kappa shape index (κ3) is 8.70. The molecule has 0 spiro atoms. The fourth-order valence-corrected chi connectivity index (χ4v) is 7.39. The maximum absolute atomic E-state index is 13.8. The van der Waals surface area contributed by atoms with Crippen molar-refractivity contribution in [1.29, 1.82) is 0 Å². The molecule has 0 aliphatic heterocycles. The van der Waals surface area contributed by atoms with Crippen LogP contribution in [0.2, 0.25) is 0 Å². The molecule has 0 saturated heterocycles. The van der Waals surface area contributed by atoms with Gasteiger partial charge >= 0.3 is 0 Å². The summed E-state index contributed by atoms with van der Waals surface area (Å²) in [4.78, 5) is 53.5. The van der Waals surface area contributed by atoms with Gasteiger partial charge in [-0.25, -0.2) is 15.0 Å². The van der Waals surface area contributed by atoms with Gasteiger partial charge in [-0.1, -0.05) is 12.2 Å². The fraction of sp³-hybridized carbons (Fsp3) is 0.349. The van der Waals surface area contributed by atoms with E-state index in [1.807, 2.05) is 55.2 Å². The van der Waals surface area contributed by atoms with Gasteiger partial charge in [0.1, 0.15) is 34.1 Å². The first-order chi connectivity index (χ1) is 30.0. The van der Waals surface area contributed by atoms with Crippen molar-refractivity contribution in [2.75, 3.05) is 38.8 Å². The Morgan fingerprint density at radius 2 is 1.40 bits per heavy atom. The van der Waals surface area contributed by atoms with Crippen molar-refractivity contribution in [3.63, 3.8) is 0 Å². The van der Waals surface area contributed by atoms with E-state index in [4.69, 9.17) is 46.4 Å². The lowest BCUT2D eigenvalue weighted by Crippen LogP contribution is -2.20. The van der Waals surface area contributed by atoms with E-state index in [0.717, 1.165) is 11.4 Å². The van der Waals surface area contributed by atoms with E-state index < -0.39 is 17.7 Å². The first-order valence-corrected chi connectivity index (χ1v) is 20.4. The van der Waals surface area contributed by atoms with Crippen LogP contribution in [0.5, 0.6) is 11.5 Å². The lowest BCUT2D eigenvalue weighted by Gasteiger charge is -2.13. The third-order valence-corrected chi connectivity index (χ3v) is 10.2. The molecule has 7 rings (SSSR count). The number of carbonyl (C=O) groups is 3.